The lowest BCUT2D eigenvalue weighted by Gasteiger charge is -2.27. The van der Waals surface area contributed by atoms with Crippen molar-refractivity contribution in [3.05, 3.63) is 75.5 Å². The van der Waals surface area contributed by atoms with Gasteiger partial charge >= 0.3 is 0 Å². The molecule has 2 aliphatic rings. The average molecular weight is 460 g/mol. The number of hydrogen-bond donors (Lipinski definition) is 1. The maximum Gasteiger partial charge on any atom is 0.295 e. The van der Waals surface area contributed by atoms with Crippen molar-refractivity contribution >= 4 is 33.4 Å². The second-order valence-electron chi connectivity index (χ2n) is 7.14. The third kappa shape index (κ3) is 3.84. The van der Waals surface area contributed by atoms with E-state index in [-0.39, 0.29) is 24.0 Å². The molecule has 0 aliphatic carbocycles. The van der Waals surface area contributed by atoms with Gasteiger partial charge in [-0.1, -0.05) is 40.2 Å². The van der Waals surface area contributed by atoms with Crippen LogP contribution in [0, 0.1) is 5.82 Å². The summed E-state index contributed by atoms with van der Waals surface area (Å²) in [5, 5.41) is 10.9. The number of aliphatic hydroxyl groups is 1. The van der Waals surface area contributed by atoms with Crippen LogP contribution in [-0.4, -0.2) is 41.0 Å². The van der Waals surface area contributed by atoms with Gasteiger partial charge in [0.05, 0.1) is 17.7 Å². The van der Waals surface area contributed by atoms with Crippen molar-refractivity contribution < 1.29 is 23.8 Å². The highest BCUT2D eigenvalue weighted by atomic mass is 79.9. The van der Waals surface area contributed by atoms with Crippen LogP contribution in [0.25, 0.3) is 5.76 Å². The van der Waals surface area contributed by atoms with Crippen molar-refractivity contribution in [3.8, 4) is 0 Å². The summed E-state index contributed by atoms with van der Waals surface area (Å²) in [4.78, 5) is 27.2. The molecular formula is C22H19BrFNO4. The van der Waals surface area contributed by atoms with E-state index in [0.717, 1.165) is 17.3 Å². The zero-order chi connectivity index (χ0) is 20.5. The summed E-state index contributed by atoms with van der Waals surface area (Å²) in [7, 11) is 0. The molecule has 1 N–H and O–H groups in total. The summed E-state index contributed by atoms with van der Waals surface area (Å²) in [5.41, 5.74) is 0.986. The first-order chi connectivity index (χ1) is 14.0. The summed E-state index contributed by atoms with van der Waals surface area (Å²) < 4.78 is 19.9. The van der Waals surface area contributed by atoms with Gasteiger partial charge in [0.2, 0.25) is 0 Å². The van der Waals surface area contributed by atoms with E-state index in [1.54, 1.807) is 24.3 Å². The van der Waals surface area contributed by atoms with Gasteiger partial charge in [0.25, 0.3) is 11.7 Å². The minimum atomic E-state index is -0.802. The lowest BCUT2D eigenvalue weighted by atomic mass is 9.95. The molecule has 0 spiro atoms. The fourth-order valence-electron chi connectivity index (χ4n) is 3.83. The average Bonchev–Trinajstić information content (AvgIpc) is 3.31. The predicted molar refractivity (Wildman–Crippen MR) is 109 cm³/mol. The summed E-state index contributed by atoms with van der Waals surface area (Å²) in [5.74, 6) is -2.11. The number of ketones is 1. The van der Waals surface area contributed by atoms with Crippen LogP contribution >= 0.6 is 15.9 Å². The normalized spacial score (nSPS) is 23.7. The van der Waals surface area contributed by atoms with Crippen LogP contribution in [-0.2, 0) is 14.3 Å². The van der Waals surface area contributed by atoms with Crippen molar-refractivity contribution in [3.63, 3.8) is 0 Å². The first-order valence-corrected chi connectivity index (χ1v) is 10.2. The lowest BCUT2D eigenvalue weighted by Crippen LogP contribution is -2.36. The molecule has 4 rings (SSSR count). The molecule has 0 unspecified atom stereocenters. The number of rotatable bonds is 4. The van der Waals surface area contributed by atoms with Gasteiger partial charge in [-0.3, -0.25) is 9.59 Å². The van der Waals surface area contributed by atoms with Crippen LogP contribution < -0.4 is 0 Å². The van der Waals surface area contributed by atoms with Crippen molar-refractivity contribution in [2.24, 2.45) is 0 Å². The van der Waals surface area contributed by atoms with E-state index in [4.69, 9.17) is 4.74 Å². The van der Waals surface area contributed by atoms with Gasteiger partial charge in [0.15, 0.2) is 0 Å². The summed E-state index contributed by atoms with van der Waals surface area (Å²) in [6.45, 7) is 0.860. The zero-order valence-electron chi connectivity index (χ0n) is 15.5. The molecule has 2 aromatic carbocycles. The maximum absolute atomic E-state index is 13.5. The van der Waals surface area contributed by atoms with E-state index in [1.807, 2.05) is 0 Å². The van der Waals surface area contributed by atoms with Gasteiger partial charge in [0, 0.05) is 23.2 Å². The molecule has 0 aromatic heterocycles. The van der Waals surface area contributed by atoms with Gasteiger partial charge in [0.1, 0.15) is 11.6 Å². The molecule has 2 heterocycles. The number of halogens is 2. The summed E-state index contributed by atoms with van der Waals surface area (Å²) in [6, 6.07) is 11.6. The Balaban J connectivity index is 1.81. The number of nitrogens with zero attached hydrogens (tertiary/aromatic N) is 1. The Morgan fingerprint density at radius 3 is 2.45 bits per heavy atom. The molecular weight excluding hydrogens is 441 g/mol. The highest BCUT2D eigenvalue weighted by Gasteiger charge is 2.47. The molecule has 0 radical (unpaired) electrons. The molecule has 0 bridgehead atoms. The molecule has 2 saturated heterocycles. The van der Waals surface area contributed by atoms with Crippen LogP contribution in [0.5, 0.6) is 0 Å². The summed E-state index contributed by atoms with van der Waals surface area (Å²) in [6.07, 6.45) is 1.53. The molecule has 1 amide bonds. The third-order valence-electron chi connectivity index (χ3n) is 5.27. The van der Waals surface area contributed by atoms with E-state index in [1.165, 1.54) is 29.2 Å². The second-order valence-corrected chi connectivity index (χ2v) is 8.06. The zero-order valence-corrected chi connectivity index (χ0v) is 17.1. The maximum atomic E-state index is 13.5. The first kappa shape index (κ1) is 19.8. The van der Waals surface area contributed by atoms with E-state index >= 15 is 0 Å². The van der Waals surface area contributed by atoms with Gasteiger partial charge in [-0.05, 0) is 42.7 Å². The topological polar surface area (TPSA) is 66.8 Å². The molecule has 2 aromatic rings. The monoisotopic (exact) mass is 459 g/mol. The molecule has 0 saturated carbocycles. The number of carbonyl (C=O) groups is 2. The molecule has 2 aliphatic heterocycles. The number of aliphatic hydroxyl groups excluding tert-OH is 1. The molecule has 2 fully saturated rings. The number of ether oxygens (including phenoxy) is 1. The Morgan fingerprint density at radius 1 is 1.14 bits per heavy atom. The Bertz CT molecular complexity index is 965. The second kappa shape index (κ2) is 8.08. The molecule has 7 heteroatoms. The quantitative estimate of drug-likeness (QED) is 0.422. The van der Waals surface area contributed by atoms with Crippen LogP contribution in [0.15, 0.2) is 58.6 Å². The number of hydrogen-bond acceptors (Lipinski definition) is 4. The Kier molecular flexibility index (Phi) is 5.52. The first-order valence-electron chi connectivity index (χ1n) is 9.37. The lowest BCUT2D eigenvalue weighted by molar-refractivity contribution is -0.140. The molecule has 2 atom stereocenters. The number of Topliss-reactive ketones (excluding diaryl/α,β-unsaturated/α-hetero) is 1. The fraction of sp³-hybridized carbons (Fsp3) is 0.273. The predicted octanol–water partition coefficient (Wildman–Crippen LogP) is 4.19. The minimum absolute atomic E-state index is 0.00178. The molecule has 150 valence electrons. The number of likely N-dealkylation sites (tertiary alicyclic amines) is 1. The van der Waals surface area contributed by atoms with Crippen LogP contribution in [0.4, 0.5) is 4.39 Å². The Labute approximate surface area is 175 Å². The highest BCUT2D eigenvalue weighted by Crippen LogP contribution is 2.40. The van der Waals surface area contributed by atoms with Crippen molar-refractivity contribution in [1.29, 1.82) is 0 Å². The van der Waals surface area contributed by atoms with E-state index in [2.05, 4.69) is 15.9 Å². The van der Waals surface area contributed by atoms with Crippen LogP contribution in [0.1, 0.15) is 30.0 Å². The third-order valence-corrected chi connectivity index (χ3v) is 5.80. The van der Waals surface area contributed by atoms with Crippen molar-refractivity contribution in [2.75, 3.05) is 13.2 Å². The Hall–Kier alpha value is -2.51. The highest BCUT2D eigenvalue weighted by molar-refractivity contribution is 9.10. The van der Waals surface area contributed by atoms with Crippen LogP contribution in [0.3, 0.4) is 0 Å². The summed E-state index contributed by atoms with van der Waals surface area (Å²) >= 11 is 3.34. The SMILES string of the molecule is O=C1C(=O)N(C[C@H]2CCCO2)[C@H](c2ccc(F)cc2)C1=C(O)c1ccc(Br)cc1. The van der Waals surface area contributed by atoms with Crippen molar-refractivity contribution in [1.82, 2.24) is 4.90 Å². The van der Waals surface area contributed by atoms with E-state index in [9.17, 15) is 19.1 Å². The Morgan fingerprint density at radius 2 is 1.83 bits per heavy atom. The number of carbonyl (C=O) groups excluding carboxylic acids is 2. The van der Waals surface area contributed by atoms with E-state index in [0.29, 0.717) is 17.7 Å². The number of amides is 1. The largest absolute Gasteiger partial charge is 0.507 e. The molecule has 29 heavy (non-hydrogen) atoms. The minimum Gasteiger partial charge on any atom is -0.507 e. The van der Waals surface area contributed by atoms with E-state index < -0.39 is 23.5 Å². The van der Waals surface area contributed by atoms with Crippen molar-refractivity contribution in [2.45, 2.75) is 25.0 Å². The van der Waals surface area contributed by atoms with Gasteiger partial charge in [-0.25, -0.2) is 4.39 Å². The number of benzene rings is 2. The van der Waals surface area contributed by atoms with Gasteiger partial charge < -0.3 is 14.7 Å². The molecule has 5 nitrogen and oxygen atoms in total. The fourth-order valence-corrected chi connectivity index (χ4v) is 4.10. The smallest absolute Gasteiger partial charge is 0.295 e. The standard InChI is InChI=1S/C22H19BrFNO4/c23-15-7-3-14(4-8-15)20(26)18-19(13-5-9-16(24)10-6-13)25(22(28)21(18)27)12-17-2-1-11-29-17/h3-10,17,19,26H,1-2,11-12H2/t17-,19-/m1/s1. The van der Waals surface area contributed by atoms with Gasteiger partial charge in [-0.15, -0.1) is 0 Å². The van der Waals surface area contributed by atoms with Crippen LogP contribution in [0.2, 0.25) is 0 Å². The van der Waals surface area contributed by atoms with Gasteiger partial charge in [-0.2, -0.15) is 0 Å².